The van der Waals surface area contributed by atoms with Gasteiger partial charge < -0.3 is 24.3 Å². The molecule has 0 saturated carbocycles. The Morgan fingerprint density at radius 2 is 1.67 bits per heavy atom. The van der Waals surface area contributed by atoms with Crippen molar-refractivity contribution in [3.05, 3.63) is 35.4 Å². The van der Waals surface area contributed by atoms with Gasteiger partial charge in [0.1, 0.15) is 17.2 Å². The third-order valence-electron chi connectivity index (χ3n) is 4.00. The van der Waals surface area contributed by atoms with Crippen molar-refractivity contribution < 1.29 is 28.5 Å². The molecule has 10 heteroatoms. The van der Waals surface area contributed by atoms with Crippen LogP contribution in [0.1, 0.15) is 6.92 Å². The Labute approximate surface area is 178 Å². The Kier molecular flexibility index (Phi) is 7.99. The average Bonchev–Trinajstić information content (AvgIpc) is 2.72. The molecule has 0 aromatic heterocycles. The number of hydrogen-bond acceptors (Lipinski definition) is 8. The van der Waals surface area contributed by atoms with Crippen LogP contribution in [0.5, 0.6) is 23.0 Å². The number of rotatable bonds is 9. The molecule has 1 amide bonds. The van der Waals surface area contributed by atoms with Gasteiger partial charge in [0.25, 0.3) is 5.91 Å². The number of benzene rings is 2. The van der Waals surface area contributed by atoms with Crippen LogP contribution < -0.4 is 24.3 Å². The summed E-state index contributed by atoms with van der Waals surface area (Å²) in [6, 6.07) is 6.50. The molecule has 0 radical (unpaired) electrons. The van der Waals surface area contributed by atoms with Gasteiger partial charge in [0, 0.05) is 17.2 Å². The van der Waals surface area contributed by atoms with E-state index in [1.807, 2.05) is 0 Å². The van der Waals surface area contributed by atoms with Crippen molar-refractivity contribution in [1.82, 2.24) is 0 Å². The molecule has 0 saturated heterocycles. The molecule has 0 heterocycles. The monoisotopic (exact) mass is 435 g/mol. The summed E-state index contributed by atoms with van der Waals surface area (Å²) < 4.78 is 20.9. The lowest BCUT2D eigenvalue weighted by atomic mass is 10.2. The normalized spacial score (nSPS) is 11.7. The fraction of sp³-hybridized carbons (Fsp3) is 0.300. The lowest BCUT2D eigenvalue weighted by Crippen LogP contribution is -2.32. The summed E-state index contributed by atoms with van der Waals surface area (Å²) in [5.74, 6) is 0.279. The van der Waals surface area contributed by atoms with E-state index in [-0.39, 0.29) is 11.4 Å². The molecular formula is C20H22ClN3O6. The van der Waals surface area contributed by atoms with Gasteiger partial charge in [-0.15, -0.1) is 0 Å². The number of azo groups is 1. The lowest BCUT2D eigenvalue weighted by Gasteiger charge is -2.15. The van der Waals surface area contributed by atoms with E-state index >= 15 is 0 Å². The second-order valence-electron chi connectivity index (χ2n) is 5.94. The van der Waals surface area contributed by atoms with Gasteiger partial charge in [-0.3, -0.25) is 9.59 Å². The number of carbonyl (C=O) groups is 2. The Balaban J connectivity index is 2.34. The second-order valence-corrected chi connectivity index (χ2v) is 6.38. The molecule has 0 aliphatic heterocycles. The Morgan fingerprint density at radius 3 is 2.23 bits per heavy atom. The molecule has 2 aromatic carbocycles. The minimum absolute atomic E-state index is 0.229. The third-order valence-corrected chi connectivity index (χ3v) is 4.22. The predicted molar refractivity (Wildman–Crippen MR) is 112 cm³/mol. The Bertz CT molecular complexity index is 964. The van der Waals surface area contributed by atoms with Gasteiger partial charge in [0.15, 0.2) is 17.3 Å². The van der Waals surface area contributed by atoms with Crippen LogP contribution in [-0.4, -0.2) is 46.2 Å². The number of amides is 1. The summed E-state index contributed by atoms with van der Waals surface area (Å²) in [5, 5.41) is 10.8. The zero-order valence-electron chi connectivity index (χ0n) is 17.2. The topological polar surface area (TPSA) is 108 Å². The van der Waals surface area contributed by atoms with Crippen molar-refractivity contribution in [2.24, 2.45) is 10.2 Å². The highest BCUT2D eigenvalue weighted by molar-refractivity contribution is 6.31. The molecule has 9 nitrogen and oxygen atoms in total. The number of ketones is 1. The smallest absolute Gasteiger partial charge is 0.258 e. The minimum atomic E-state index is -1.41. The van der Waals surface area contributed by atoms with Gasteiger partial charge >= 0.3 is 0 Å². The molecule has 1 N–H and O–H groups in total. The van der Waals surface area contributed by atoms with Crippen LogP contribution in [0.4, 0.5) is 11.4 Å². The molecule has 160 valence electrons. The highest BCUT2D eigenvalue weighted by atomic mass is 35.5. The van der Waals surface area contributed by atoms with Crippen LogP contribution >= 0.6 is 11.6 Å². The van der Waals surface area contributed by atoms with Crippen molar-refractivity contribution in [3.8, 4) is 23.0 Å². The second kappa shape index (κ2) is 10.4. The maximum absolute atomic E-state index is 12.8. The van der Waals surface area contributed by atoms with Gasteiger partial charge in [-0.2, -0.15) is 10.2 Å². The number of ether oxygens (including phenoxy) is 4. The summed E-state index contributed by atoms with van der Waals surface area (Å²) >= 11 is 6.06. The van der Waals surface area contributed by atoms with Crippen LogP contribution in [-0.2, 0) is 9.59 Å². The zero-order valence-corrected chi connectivity index (χ0v) is 17.9. The van der Waals surface area contributed by atoms with Gasteiger partial charge in [-0.05, 0) is 25.1 Å². The van der Waals surface area contributed by atoms with E-state index in [0.717, 1.165) is 0 Å². The van der Waals surface area contributed by atoms with Gasteiger partial charge in [0.05, 0.1) is 34.1 Å². The van der Waals surface area contributed by atoms with Crippen LogP contribution in [0.2, 0.25) is 5.02 Å². The third kappa shape index (κ3) is 5.38. The molecule has 0 aliphatic rings. The first-order chi connectivity index (χ1) is 14.3. The minimum Gasteiger partial charge on any atom is -0.497 e. The van der Waals surface area contributed by atoms with E-state index in [1.54, 1.807) is 18.2 Å². The summed E-state index contributed by atoms with van der Waals surface area (Å²) in [7, 11) is 5.82. The molecule has 0 fully saturated rings. The number of hydrogen-bond donors (Lipinski definition) is 1. The molecule has 1 atom stereocenters. The van der Waals surface area contributed by atoms with E-state index in [4.69, 9.17) is 30.5 Å². The molecular weight excluding hydrogens is 414 g/mol. The van der Waals surface area contributed by atoms with E-state index in [2.05, 4.69) is 15.5 Å². The van der Waals surface area contributed by atoms with Gasteiger partial charge in [-0.1, -0.05) is 11.6 Å². The van der Waals surface area contributed by atoms with E-state index in [0.29, 0.717) is 28.0 Å². The first-order valence-electron chi connectivity index (χ1n) is 8.70. The summed E-state index contributed by atoms with van der Waals surface area (Å²) in [5.41, 5.74) is 0.533. The first-order valence-corrected chi connectivity index (χ1v) is 9.08. The molecule has 1 unspecified atom stereocenters. The summed E-state index contributed by atoms with van der Waals surface area (Å²) in [6.45, 7) is 1.24. The number of Topliss-reactive ketones (excluding diaryl/α,β-unsaturated/α-hetero) is 1. The largest absolute Gasteiger partial charge is 0.497 e. The van der Waals surface area contributed by atoms with Gasteiger partial charge in [0.2, 0.25) is 6.04 Å². The first kappa shape index (κ1) is 23.0. The fourth-order valence-corrected chi connectivity index (χ4v) is 2.75. The van der Waals surface area contributed by atoms with Crippen molar-refractivity contribution in [2.45, 2.75) is 13.0 Å². The maximum Gasteiger partial charge on any atom is 0.258 e. The van der Waals surface area contributed by atoms with Crippen molar-refractivity contribution in [2.75, 3.05) is 33.8 Å². The lowest BCUT2D eigenvalue weighted by molar-refractivity contribution is -0.126. The summed E-state index contributed by atoms with van der Waals surface area (Å²) in [4.78, 5) is 24.8. The Hall–Kier alpha value is -3.33. The highest BCUT2D eigenvalue weighted by Gasteiger charge is 2.25. The molecule has 2 aromatic rings. The number of carbonyl (C=O) groups excluding carboxylic acids is 2. The standard InChI is InChI=1S/C20H22ClN3O6/c1-11(25)18(24-23-14-10-13(27-2)6-7-16(14)28-3)20(26)22-15-8-12(21)9-17(29-4)19(15)30-5/h6-10,18H,1-5H3,(H,22,26). The predicted octanol–water partition coefficient (Wildman–Crippen LogP) is 4.05. The highest BCUT2D eigenvalue weighted by Crippen LogP contribution is 2.38. The number of halogens is 1. The van der Waals surface area contributed by atoms with Crippen molar-refractivity contribution >= 4 is 34.7 Å². The van der Waals surface area contributed by atoms with E-state index < -0.39 is 17.7 Å². The number of methoxy groups -OCH3 is 4. The molecule has 30 heavy (non-hydrogen) atoms. The SMILES string of the molecule is COc1ccc(OC)c(N=NC(C(C)=O)C(=O)Nc2cc(Cl)cc(OC)c2OC)c1. The van der Waals surface area contributed by atoms with E-state index in [9.17, 15) is 9.59 Å². The average molecular weight is 436 g/mol. The molecule has 2 rings (SSSR count). The molecule has 0 aliphatic carbocycles. The summed E-state index contributed by atoms with van der Waals surface area (Å²) in [6.07, 6.45) is 0. The number of anilines is 1. The van der Waals surface area contributed by atoms with E-state index in [1.165, 1.54) is 47.5 Å². The maximum atomic E-state index is 12.8. The van der Waals surface area contributed by atoms with Crippen molar-refractivity contribution in [3.63, 3.8) is 0 Å². The van der Waals surface area contributed by atoms with Crippen LogP contribution in [0.15, 0.2) is 40.6 Å². The molecule has 0 bridgehead atoms. The van der Waals surface area contributed by atoms with Crippen LogP contribution in [0, 0.1) is 0 Å². The number of nitrogens with zero attached hydrogens (tertiary/aromatic N) is 2. The zero-order chi connectivity index (χ0) is 22.3. The van der Waals surface area contributed by atoms with Crippen LogP contribution in [0.25, 0.3) is 0 Å². The molecule has 0 spiro atoms. The van der Waals surface area contributed by atoms with Crippen LogP contribution in [0.3, 0.4) is 0 Å². The van der Waals surface area contributed by atoms with Gasteiger partial charge in [-0.25, -0.2) is 0 Å². The fourth-order valence-electron chi connectivity index (χ4n) is 2.54. The number of nitrogens with one attached hydrogen (secondary N) is 1. The quantitative estimate of drug-likeness (QED) is 0.470. The van der Waals surface area contributed by atoms with Crippen molar-refractivity contribution in [1.29, 1.82) is 0 Å². The Morgan fingerprint density at radius 1 is 0.967 bits per heavy atom.